The van der Waals surface area contributed by atoms with E-state index in [1.807, 2.05) is 66.7 Å². The Bertz CT molecular complexity index is 1210. The number of benzene rings is 3. The zero-order chi connectivity index (χ0) is 21.6. The molecule has 3 aromatic carbocycles. The molecule has 4 aromatic rings. The molecule has 0 fully saturated rings. The van der Waals surface area contributed by atoms with Crippen LogP contribution in [0.4, 0.5) is 0 Å². The second-order valence-corrected chi connectivity index (χ2v) is 7.72. The summed E-state index contributed by atoms with van der Waals surface area (Å²) < 4.78 is 18.2. The van der Waals surface area contributed by atoms with Gasteiger partial charge in [0.2, 0.25) is 5.75 Å². The molecule has 0 atom stereocenters. The third-order valence-electron chi connectivity index (χ3n) is 4.66. The number of hydrogen-bond acceptors (Lipinski definition) is 6. The van der Waals surface area contributed by atoms with Crippen molar-refractivity contribution in [3.63, 3.8) is 0 Å². The van der Waals surface area contributed by atoms with Crippen LogP contribution in [0.5, 0.6) is 17.2 Å². The first-order chi connectivity index (χ1) is 15.2. The molecule has 0 aliphatic rings. The lowest BCUT2D eigenvalue weighted by Gasteiger charge is -2.15. The zero-order valence-electron chi connectivity index (χ0n) is 17.2. The molecule has 0 saturated carbocycles. The largest absolute Gasteiger partial charge is 0.493 e. The van der Waals surface area contributed by atoms with Crippen molar-refractivity contribution in [3.8, 4) is 23.3 Å². The molecule has 6 heteroatoms. The lowest BCUT2D eigenvalue weighted by molar-refractivity contribution is 0.266. The average Bonchev–Trinajstić information content (AvgIpc) is 3.25. The molecule has 0 aliphatic carbocycles. The summed E-state index contributed by atoms with van der Waals surface area (Å²) in [6.07, 6.45) is 1.78. The third-order valence-corrected chi connectivity index (χ3v) is 5.73. The Morgan fingerprint density at radius 3 is 2.32 bits per heavy atom. The minimum atomic E-state index is 0.387. The highest BCUT2D eigenvalue weighted by atomic mass is 32.1. The van der Waals surface area contributed by atoms with Crippen LogP contribution in [0.25, 0.3) is 21.9 Å². The summed E-state index contributed by atoms with van der Waals surface area (Å²) in [6, 6.07) is 23.6. The van der Waals surface area contributed by atoms with Crippen molar-refractivity contribution in [2.24, 2.45) is 0 Å². The number of nitrogens with zero attached hydrogens (tertiary/aromatic N) is 2. The summed E-state index contributed by atoms with van der Waals surface area (Å²) >= 11 is 1.49. The fourth-order valence-corrected chi connectivity index (χ4v) is 4.08. The highest BCUT2D eigenvalue weighted by Crippen LogP contribution is 2.40. The Morgan fingerprint density at radius 2 is 1.68 bits per heavy atom. The fourth-order valence-electron chi connectivity index (χ4n) is 3.15. The molecule has 154 valence electrons. The smallest absolute Gasteiger partial charge is 0.203 e. The Kier molecular flexibility index (Phi) is 6.16. The van der Waals surface area contributed by atoms with Crippen LogP contribution < -0.4 is 14.2 Å². The molecule has 0 unspecified atom stereocenters. The van der Waals surface area contributed by atoms with E-state index in [0.717, 1.165) is 21.3 Å². The van der Waals surface area contributed by atoms with Gasteiger partial charge in [0.25, 0.3) is 0 Å². The molecule has 5 nitrogen and oxygen atoms in total. The highest BCUT2D eigenvalue weighted by molar-refractivity contribution is 7.19. The van der Waals surface area contributed by atoms with Gasteiger partial charge in [-0.3, -0.25) is 0 Å². The van der Waals surface area contributed by atoms with E-state index in [9.17, 15) is 5.26 Å². The Balaban J connectivity index is 1.68. The van der Waals surface area contributed by atoms with Crippen molar-refractivity contribution < 1.29 is 14.2 Å². The maximum atomic E-state index is 9.74. The van der Waals surface area contributed by atoms with Crippen LogP contribution in [0.1, 0.15) is 16.1 Å². The van der Waals surface area contributed by atoms with Gasteiger partial charge in [-0.2, -0.15) is 5.26 Å². The number of ether oxygens (including phenoxy) is 3. The number of allylic oxidation sites excluding steroid dienone is 1. The molecular weight excluding hydrogens is 408 g/mol. The predicted octanol–water partition coefficient (Wildman–Crippen LogP) is 5.96. The lowest BCUT2D eigenvalue weighted by atomic mass is 10.1. The molecule has 0 amide bonds. The molecule has 0 radical (unpaired) electrons. The van der Waals surface area contributed by atoms with Gasteiger partial charge in [-0.25, -0.2) is 4.98 Å². The van der Waals surface area contributed by atoms with Crippen LogP contribution in [0, 0.1) is 11.3 Å². The predicted molar refractivity (Wildman–Crippen MR) is 123 cm³/mol. The SMILES string of the molecule is COc1cc(/C=C(/C#N)c2nc3ccccc3s2)cc(OC)c1OCc1ccccc1. The number of rotatable bonds is 7. The fraction of sp³-hybridized carbons (Fsp3) is 0.120. The van der Waals surface area contributed by atoms with E-state index in [0.29, 0.717) is 34.4 Å². The number of methoxy groups -OCH3 is 2. The zero-order valence-corrected chi connectivity index (χ0v) is 18.0. The number of thiazole rings is 1. The van der Waals surface area contributed by atoms with Crippen LogP contribution in [0.15, 0.2) is 66.7 Å². The second-order valence-electron chi connectivity index (χ2n) is 6.69. The molecule has 31 heavy (non-hydrogen) atoms. The standard InChI is InChI=1S/C25H20N2O3S/c1-28-21-13-18(12-19(15-26)25-27-20-10-6-7-11-23(20)31-25)14-22(29-2)24(21)30-16-17-8-4-3-5-9-17/h3-14H,16H2,1-2H3/b19-12-. The van der Waals surface area contributed by atoms with Gasteiger partial charge in [0, 0.05) is 0 Å². The number of nitriles is 1. The Morgan fingerprint density at radius 1 is 1.00 bits per heavy atom. The van der Waals surface area contributed by atoms with Crippen molar-refractivity contribution in [1.29, 1.82) is 5.26 Å². The van der Waals surface area contributed by atoms with Crippen LogP contribution >= 0.6 is 11.3 Å². The third kappa shape index (κ3) is 4.52. The van der Waals surface area contributed by atoms with Gasteiger partial charge in [0.15, 0.2) is 11.5 Å². The molecule has 0 bridgehead atoms. The van der Waals surface area contributed by atoms with E-state index in [-0.39, 0.29) is 0 Å². The molecule has 0 spiro atoms. The number of hydrogen-bond donors (Lipinski definition) is 0. The van der Waals surface area contributed by atoms with Gasteiger partial charge < -0.3 is 14.2 Å². The monoisotopic (exact) mass is 428 g/mol. The van der Waals surface area contributed by atoms with Crippen molar-refractivity contribution in [3.05, 3.63) is 82.9 Å². The van der Waals surface area contributed by atoms with Gasteiger partial charge in [-0.05, 0) is 41.5 Å². The highest BCUT2D eigenvalue weighted by Gasteiger charge is 2.15. The molecule has 1 aromatic heterocycles. The van der Waals surface area contributed by atoms with Crippen molar-refractivity contribution in [2.75, 3.05) is 14.2 Å². The first kappa shape index (κ1) is 20.5. The summed E-state index contributed by atoms with van der Waals surface area (Å²) in [5, 5.41) is 10.4. The number of para-hydroxylation sites is 1. The van der Waals surface area contributed by atoms with E-state index >= 15 is 0 Å². The van der Waals surface area contributed by atoms with E-state index in [1.54, 1.807) is 20.3 Å². The normalized spacial score (nSPS) is 11.2. The van der Waals surface area contributed by atoms with Gasteiger partial charge in [0.1, 0.15) is 17.7 Å². The van der Waals surface area contributed by atoms with Gasteiger partial charge in [-0.1, -0.05) is 42.5 Å². The van der Waals surface area contributed by atoms with Gasteiger partial charge in [-0.15, -0.1) is 11.3 Å². The average molecular weight is 429 g/mol. The first-order valence-electron chi connectivity index (χ1n) is 9.62. The van der Waals surface area contributed by atoms with Crippen molar-refractivity contribution >= 4 is 33.2 Å². The lowest BCUT2D eigenvalue weighted by Crippen LogP contribution is -2.00. The molecule has 0 saturated heterocycles. The molecule has 1 heterocycles. The van der Waals surface area contributed by atoms with Crippen LogP contribution in [0.2, 0.25) is 0 Å². The van der Waals surface area contributed by atoms with Crippen LogP contribution in [-0.2, 0) is 6.61 Å². The van der Waals surface area contributed by atoms with E-state index in [4.69, 9.17) is 14.2 Å². The van der Waals surface area contributed by atoms with Gasteiger partial charge in [0.05, 0.1) is 30.0 Å². The summed E-state index contributed by atoms with van der Waals surface area (Å²) in [5.41, 5.74) is 3.15. The number of aromatic nitrogens is 1. The first-order valence-corrected chi connectivity index (χ1v) is 10.4. The minimum absolute atomic E-state index is 0.387. The summed E-state index contributed by atoms with van der Waals surface area (Å²) in [5.74, 6) is 1.58. The molecular formula is C25H20N2O3S. The van der Waals surface area contributed by atoms with Gasteiger partial charge >= 0.3 is 0 Å². The quantitative estimate of drug-likeness (QED) is 0.340. The summed E-state index contributed by atoms with van der Waals surface area (Å²) in [6.45, 7) is 0.387. The second kappa shape index (κ2) is 9.33. The van der Waals surface area contributed by atoms with E-state index in [2.05, 4.69) is 11.1 Å². The molecule has 0 aliphatic heterocycles. The maximum absolute atomic E-state index is 9.74. The van der Waals surface area contributed by atoms with Crippen LogP contribution in [-0.4, -0.2) is 19.2 Å². The minimum Gasteiger partial charge on any atom is -0.493 e. The molecule has 4 rings (SSSR count). The van der Waals surface area contributed by atoms with Crippen molar-refractivity contribution in [1.82, 2.24) is 4.98 Å². The molecule has 0 N–H and O–H groups in total. The summed E-state index contributed by atoms with van der Waals surface area (Å²) in [4.78, 5) is 4.59. The maximum Gasteiger partial charge on any atom is 0.203 e. The van der Waals surface area contributed by atoms with Crippen LogP contribution in [0.3, 0.4) is 0 Å². The Labute approximate surface area is 184 Å². The van der Waals surface area contributed by atoms with E-state index in [1.165, 1.54) is 11.3 Å². The van der Waals surface area contributed by atoms with E-state index < -0.39 is 0 Å². The number of fused-ring (bicyclic) bond motifs is 1. The topological polar surface area (TPSA) is 64.4 Å². The van der Waals surface area contributed by atoms with Crippen molar-refractivity contribution in [2.45, 2.75) is 6.61 Å². The Hall–Kier alpha value is -3.82. The summed E-state index contributed by atoms with van der Waals surface area (Å²) in [7, 11) is 3.16.